The van der Waals surface area contributed by atoms with Gasteiger partial charge in [-0.25, -0.2) is 0 Å². The molecular weight excluding hydrogens is 340 g/mol. The topological polar surface area (TPSA) is 68.2 Å². The molecule has 0 spiro atoms. The van der Waals surface area contributed by atoms with Gasteiger partial charge in [-0.2, -0.15) is 5.10 Å². The monoisotopic (exact) mass is 370 g/mol. The molecule has 1 aliphatic carbocycles. The molecule has 3 rings (SSSR count). The molecule has 2 aliphatic rings. The van der Waals surface area contributed by atoms with E-state index in [4.69, 9.17) is 4.74 Å². The van der Waals surface area contributed by atoms with Crippen LogP contribution in [0.4, 0.5) is 0 Å². The van der Waals surface area contributed by atoms with E-state index in [0.717, 1.165) is 32.4 Å². The maximum Gasteiger partial charge on any atom is 0.271 e. The van der Waals surface area contributed by atoms with E-state index in [1.807, 2.05) is 10.9 Å². The van der Waals surface area contributed by atoms with E-state index >= 15 is 0 Å². The van der Waals surface area contributed by atoms with Crippen molar-refractivity contribution in [2.45, 2.75) is 57.6 Å². The Kier molecular flexibility index (Phi) is 8.19. The van der Waals surface area contributed by atoms with Gasteiger partial charge in [-0.3, -0.25) is 9.48 Å². The number of nitrogens with zero attached hydrogens (tertiary/aromatic N) is 2. The number of halogens is 1. The lowest BCUT2D eigenvalue weighted by molar-refractivity contribution is -0.00295. The first-order chi connectivity index (χ1) is 11.7. The first-order valence-corrected chi connectivity index (χ1v) is 9.39. The van der Waals surface area contributed by atoms with Crippen LogP contribution in [-0.2, 0) is 4.74 Å². The van der Waals surface area contributed by atoms with Crippen LogP contribution in [0.25, 0.3) is 0 Å². The fourth-order valence-electron chi connectivity index (χ4n) is 3.72. The zero-order valence-electron chi connectivity index (χ0n) is 15.1. The Morgan fingerprint density at radius 3 is 2.96 bits per heavy atom. The van der Waals surface area contributed by atoms with Gasteiger partial charge in [-0.05, 0) is 44.2 Å². The van der Waals surface area contributed by atoms with Gasteiger partial charge < -0.3 is 15.4 Å². The van der Waals surface area contributed by atoms with E-state index in [1.54, 1.807) is 6.07 Å². The molecule has 1 saturated carbocycles. The first kappa shape index (κ1) is 20.2. The zero-order chi connectivity index (χ0) is 16.8. The van der Waals surface area contributed by atoms with Crippen LogP contribution in [0.3, 0.4) is 0 Å². The summed E-state index contributed by atoms with van der Waals surface area (Å²) < 4.78 is 7.85. The number of carbonyl (C=O) groups is 1. The number of aromatic nitrogens is 2. The fraction of sp³-hybridized carbons (Fsp3) is 0.778. The van der Waals surface area contributed by atoms with Crippen LogP contribution in [0.2, 0.25) is 0 Å². The van der Waals surface area contributed by atoms with E-state index in [0.29, 0.717) is 36.9 Å². The summed E-state index contributed by atoms with van der Waals surface area (Å²) in [4.78, 5) is 12.2. The minimum absolute atomic E-state index is 0. The molecule has 6 nitrogen and oxygen atoms in total. The van der Waals surface area contributed by atoms with Crippen molar-refractivity contribution in [1.82, 2.24) is 20.4 Å². The molecular formula is C18H31ClN4O2. The summed E-state index contributed by atoms with van der Waals surface area (Å²) >= 11 is 0. The van der Waals surface area contributed by atoms with Gasteiger partial charge in [0.1, 0.15) is 5.69 Å². The molecule has 7 heteroatoms. The SMILES string of the molecule is CC1CCCCC1OCCNC(=O)c1ccn(C2CCCNC2)n1.Cl. The van der Waals surface area contributed by atoms with Gasteiger partial charge in [-0.1, -0.05) is 19.8 Å². The normalized spacial score (nSPS) is 26.7. The minimum atomic E-state index is -0.113. The molecule has 0 bridgehead atoms. The van der Waals surface area contributed by atoms with E-state index < -0.39 is 0 Å². The molecule has 0 radical (unpaired) electrons. The average molecular weight is 371 g/mol. The molecule has 0 aromatic carbocycles. The molecule has 142 valence electrons. The van der Waals surface area contributed by atoms with Crippen molar-refractivity contribution in [2.24, 2.45) is 5.92 Å². The highest BCUT2D eigenvalue weighted by molar-refractivity contribution is 5.92. The molecule has 2 fully saturated rings. The minimum Gasteiger partial charge on any atom is -0.376 e. The third kappa shape index (κ3) is 5.69. The summed E-state index contributed by atoms with van der Waals surface area (Å²) in [6, 6.07) is 2.16. The van der Waals surface area contributed by atoms with Crippen LogP contribution in [0.1, 0.15) is 62.0 Å². The second kappa shape index (κ2) is 10.1. The largest absolute Gasteiger partial charge is 0.376 e. The summed E-state index contributed by atoms with van der Waals surface area (Å²) in [6.45, 7) is 5.38. The molecule has 2 heterocycles. The summed E-state index contributed by atoms with van der Waals surface area (Å²) in [6.07, 6.45) is 9.51. The van der Waals surface area contributed by atoms with E-state index in [1.165, 1.54) is 19.3 Å². The molecule has 1 saturated heterocycles. The third-order valence-electron chi connectivity index (χ3n) is 5.24. The summed E-state index contributed by atoms with van der Waals surface area (Å²) in [7, 11) is 0. The van der Waals surface area contributed by atoms with Crippen LogP contribution >= 0.6 is 12.4 Å². The number of nitrogens with one attached hydrogen (secondary N) is 2. The summed E-state index contributed by atoms with van der Waals surface area (Å²) in [5.41, 5.74) is 0.492. The van der Waals surface area contributed by atoms with E-state index in [-0.39, 0.29) is 18.3 Å². The Balaban J connectivity index is 0.00000225. The Bertz CT molecular complexity index is 531. The van der Waals surface area contributed by atoms with Crippen LogP contribution in [-0.4, -0.2) is 48.0 Å². The van der Waals surface area contributed by atoms with E-state index in [9.17, 15) is 4.79 Å². The molecule has 3 unspecified atom stereocenters. The van der Waals surface area contributed by atoms with Crippen molar-refractivity contribution in [2.75, 3.05) is 26.2 Å². The van der Waals surface area contributed by atoms with Crippen LogP contribution in [0, 0.1) is 5.92 Å². The van der Waals surface area contributed by atoms with Gasteiger partial charge in [-0.15, -0.1) is 12.4 Å². The Morgan fingerprint density at radius 1 is 1.36 bits per heavy atom. The Hall–Kier alpha value is -1.11. The lowest BCUT2D eigenvalue weighted by Crippen LogP contribution is -2.33. The van der Waals surface area contributed by atoms with Crippen molar-refractivity contribution in [1.29, 1.82) is 0 Å². The van der Waals surface area contributed by atoms with Gasteiger partial charge in [0.2, 0.25) is 0 Å². The number of rotatable bonds is 6. The fourth-order valence-corrected chi connectivity index (χ4v) is 3.72. The predicted octanol–water partition coefficient (Wildman–Crippen LogP) is 2.55. The number of carbonyl (C=O) groups excluding carboxylic acids is 1. The number of amides is 1. The average Bonchev–Trinajstić information content (AvgIpc) is 3.11. The molecule has 25 heavy (non-hydrogen) atoms. The molecule has 1 aromatic rings. The molecule has 1 aliphatic heterocycles. The van der Waals surface area contributed by atoms with Gasteiger partial charge >= 0.3 is 0 Å². The summed E-state index contributed by atoms with van der Waals surface area (Å²) in [5, 5.41) is 10.7. The highest BCUT2D eigenvalue weighted by Crippen LogP contribution is 2.26. The first-order valence-electron chi connectivity index (χ1n) is 9.39. The molecule has 2 N–H and O–H groups in total. The Morgan fingerprint density at radius 2 is 2.20 bits per heavy atom. The van der Waals surface area contributed by atoms with Crippen molar-refractivity contribution in [3.05, 3.63) is 18.0 Å². The number of ether oxygens (including phenoxy) is 1. The zero-order valence-corrected chi connectivity index (χ0v) is 15.9. The van der Waals surface area contributed by atoms with E-state index in [2.05, 4.69) is 22.7 Å². The third-order valence-corrected chi connectivity index (χ3v) is 5.24. The second-order valence-electron chi connectivity index (χ2n) is 7.11. The number of hydrogen-bond donors (Lipinski definition) is 2. The second-order valence-corrected chi connectivity index (χ2v) is 7.11. The van der Waals surface area contributed by atoms with Crippen molar-refractivity contribution >= 4 is 18.3 Å². The quantitative estimate of drug-likeness (QED) is 0.755. The van der Waals surface area contributed by atoms with Gasteiger partial charge in [0.05, 0.1) is 18.8 Å². The predicted molar refractivity (Wildman–Crippen MR) is 100 cm³/mol. The molecule has 3 atom stereocenters. The van der Waals surface area contributed by atoms with Gasteiger partial charge in [0.15, 0.2) is 0 Å². The van der Waals surface area contributed by atoms with Crippen LogP contribution in [0.5, 0.6) is 0 Å². The van der Waals surface area contributed by atoms with Crippen LogP contribution < -0.4 is 10.6 Å². The highest BCUT2D eigenvalue weighted by atomic mass is 35.5. The molecule has 1 aromatic heterocycles. The lowest BCUT2D eigenvalue weighted by Gasteiger charge is -2.28. The van der Waals surface area contributed by atoms with Crippen molar-refractivity contribution < 1.29 is 9.53 Å². The summed E-state index contributed by atoms with van der Waals surface area (Å²) in [5.74, 6) is 0.520. The highest BCUT2D eigenvalue weighted by Gasteiger charge is 2.22. The van der Waals surface area contributed by atoms with Crippen molar-refractivity contribution in [3.8, 4) is 0 Å². The smallest absolute Gasteiger partial charge is 0.271 e. The van der Waals surface area contributed by atoms with Crippen molar-refractivity contribution in [3.63, 3.8) is 0 Å². The Labute approximate surface area is 156 Å². The van der Waals surface area contributed by atoms with Crippen LogP contribution in [0.15, 0.2) is 12.3 Å². The van der Waals surface area contributed by atoms with Gasteiger partial charge in [0.25, 0.3) is 5.91 Å². The number of hydrogen-bond acceptors (Lipinski definition) is 4. The maximum atomic E-state index is 12.2. The maximum absolute atomic E-state index is 12.2. The standard InChI is InChI=1S/C18H30N4O2.ClH/c1-14-5-2-3-7-17(14)24-12-10-20-18(23)16-8-11-22(21-16)15-6-4-9-19-13-15;/h8,11,14-15,17,19H,2-7,9-10,12-13H2,1H3,(H,20,23);1H. The molecule has 1 amide bonds. The lowest BCUT2D eigenvalue weighted by atomic mass is 9.88. The van der Waals surface area contributed by atoms with Gasteiger partial charge in [0, 0.05) is 19.3 Å². The number of piperidine rings is 1.